The molecule has 0 radical (unpaired) electrons. The zero-order chi connectivity index (χ0) is 9.44. The van der Waals surface area contributed by atoms with Crippen LogP contribution in [0, 0.1) is 0 Å². The van der Waals surface area contributed by atoms with Crippen LogP contribution in [-0.4, -0.2) is 11.6 Å². The third-order valence-electron chi connectivity index (χ3n) is 0.492. The molecule has 0 aliphatic carbocycles. The van der Waals surface area contributed by atoms with Crippen LogP contribution in [0.3, 0.4) is 0 Å². The first-order chi connectivity index (χ1) is 4.86. The van der Waals surface area contributed by atoms with Gasteiger partial charge in [-0.15, -0.1) is 0 Å². The van der Waals surface area contributed by atoms with Gasteiger partial charge in [0.25, 0.3) is 0 Å². The number of Topliss-reactive ketones (excluding diaryl/α,β-unsaturated/α-hetero) is 1. The molecule has 0 unspecified atom stereocenters. The number of hydrogen-bond donors (Lipinski definition) is 0. The van der Waals surface area contributed by atoms with Crippen molar-refractivity contribution < 1.29 is 9.59 Å². The Hall–Kier alpha value is -0.920. The summed E-state index contributed by atoms with van der Waals surface area (Å²) < 4.78 is 0. The van der Waals surface area contributed by atoms with Crippen LogP contribution < -0.4 is 0 Å². The minimum absolute atomic E-state index is 0.125. The van der Waals surface area contributed by atoms with Gasteiger partial charge in [0, 0.05) is 0 Å². The van der Waals surface area contributed by atoms with Gasteiger partial charge in [0.2, 0.25) is 0 Å². The molecule has 0 rings (SSSR count). The van der Waals surface area contributed by atoms with Crippen LogP contribution in [0.5, 0.6) is 0 Å². The third kappa shape index (κ3) is 48.0. The molecule has 0 aromatic carbocycles. The normalized spacial score (nSPS) is 7.36. The molecular weight excluding hydrogens is 140 g/mol. The van der Waals surface area contributed by atoms with Gasteiger partial charge in [-0.3, -0.25) is 4.79 Å². The molecule has 11 heavy (non-hydrogen) atoms. The van der Waals surface area contributed by atoms with Crippen molar-refractivity contribution in [3.63, 3.8) is 0 Å². The number of carbonyl (C=O) groups excluding carboxylic acids is 2. The van der Waals surface area contributed by atoms with E-state index >= 15 is 0 Å². The van der Waals surface area contributed by atoms with E-state index < -0.39 is 0 Å². The Balaban J connectivity index is 0. The first-order valence-corrected chi connectivity index (χ1v) is 3.49. The van der Waals surface area contributed by atoms with E-state index in [0.717, 1.165) is 5.57 Å². The van der Waals surface area contributed by atoms with Gasteiger partial charge in [-0.1, -0.05) is 5.57 Å². The van der Waals surface area contributed by atoms with E-state index in [0.29, 0.717) is 0 Å². The van der Waals surface area contributed by atoms with Crippen LogP contribution >= 0.6 is 0 Å². The number of ketones is 2. The second-order valence-corrected chi connectivity index (χ2v) is 2.74. The van der Waals surface area contributed by atoms with Crippen LogP contribution in [0.1, 0.15) is 34.6 Å². The predicted octanol–water partition coefficient (Wildman–Crippen LogP) is 2.14. The lowest BCUT2D eigenvalue weighted by molar-refractivity contribution is -0.115. The van der Waals surface area contributed by atoms with Crippen molar-refractivity contribution in [2.75, 3.05) is 0 Å². The molecule has 0 aliphatic rings. The standard InChI is InChI=1S/C6H10O.C3H6O/c1-5(2)4-6(3)7;1-3(2)4/h4H,1-3H3;1-2H3. The molecule has 0 N–H and O–H groups in total. The molecule has 0 bridgehead atoms. The Labute approximate surface area is 68.3 Å². The Morgan fingerprint density at radius 3 is 1.18 bits per heavy atom. The van der Waals surface area contributed by atoms with E-state index in [1.165, 1.54) is 13.8 Å². The van der Waals surface area contributed by atoms with Crippen molar-refractivity contribution in [2.24, 2.45) is 0 Å². The van der Waals surface area contributed by atoms with Gasteiger partial charge in [0.05, 0.1) is 0 Å². The second-order valence-electron chi connectivity index (χ2n) is 2.74. The highest BCUT2D eigenvalue weighted by Crippen LogP contribution is 1.86. The molecule has 0 aromatic heterocycles. The average Bonchev–Trinajstić information content (AvgIpc) is 1.56. The SMILES string of the molecule is CC(=O)C=C(C)C.CC(C)=O. The number of rotatable bonds is 1. The molecule has 0 amide bonds. The van der Waals surface area contributed by atoms with Crippen LogP contribution in [0.4, 0.5) is 0 Å². The second kappa shape index (κ2) is 7.19. The van der Waals surface area contributed by atoms with E-state index in [9.17, 15) is 9.59 Å². The smallest absolute Gasteiger partial charge is 0.152 e. The zero-order valence-corrected chi connectivity index (χ0v) is 7.89. The van der Waals surface area contributed by atoms with E-state index in [-0.39, 0.29) is 11.6 Å². The zero-order valence-electron chi connectivity index (χ0n) is 7.89. The molecule has 0 saturated heterocycles. The highest BCUT2D eigenvalue weighted by atomic mass is 16.1. The number of hydrogen-bond acceptors (Lipinski definition) is 2. The first kappa shape index (κ1) is 12.7. The maximum Gasteiger partial charge on any atom is 0.152 e. The number of allylic oxidation sites excluding steroid dienone is 2. The molecule has 0 atom stereocenters. The molecule has 0 heterocycles. The third-order valence-corrected chi connectivity index (χ3v) is 0.492. The summed E-state index contributed by atoms with van der Waals surface area (Å²) in [6.45, 7) is 8.41. The maximum atomic E-state index is 10.2. The summed E-state index contributed by atoms with van der Waals surface area (Å²) in [6, 6.07) is 0. The molecule has 64 valence electrons. The molecule has 2 heteroatoms. The molecule has 2 nitrogen and oxygen atoms in total. The quantitative estimate of drug-likeness (QED) is 0.545. The summed E-state index contributed by atoms with van der Waals surface area (Å²) in [5.74, 6) is 0.292. The van der Waals surface area contributed by atoms with Crippen molar-refractivity contribution in [3.05, 3.63) is 11.6 Å². The first-order valence-electron chi connectivity index (χ1n) is 3.49. The van der Waals surface area contributed by atoms with E-state index in [1.54, 1.807) is 13.0 Å². The summed E-state index contributed by atoms with van der Waals surface area (Å²) in [5, 5.41) is 0. The molecule has 0 aromatic rings. The van der Waals surface area contributed by atoms with E-state index in [4.69, 9.17) is 0 Å². The molecular formula is C9H16O2. The average molecular weight is 156 g/mol. The van der Waals surface area contributed by atoms with Crippen LogP contribution in [0.25, 0.3) is 0 Å². The lowest BCUT2D eigenvalue weighted by Gasteiger charge is -1.80. The highest BCUT2D eigenvalue weighted by molar-refractivity contribution is 5.87. The summed E-state index contributed by atoms with van der Waals surface area (Å²) in [5.41, 5.74) is 1.06. The Morgan fingerprint density at radius 2 is 1.18 bits per heavy atom. The van der Waals surface area contributed by atoms with Gasteiger partial charge in [-0.2, -0.15) is 0 Å². The minimum atomic E-state index is 0.125. The predicted molar refractivity (Wildman–Crippen MR) is 46.5 cm³/mol. The molecule has 0 fully saturated rings. The van der Waals surface area contributed by atoms with Crippen molar-refractivity contribution in [1.29, 1.82) is 0 Å². The van der Waals surface area contributed by atoms with Gasteiger partial charge in [0.1, 0.15) is 5.78 Å². The summed E-state index contributed by atoms with van der Waals surface area (Å²) in [7, 11) is 0. The van der Waals surface area contributed by atoms with Crippen molar-refractivity contribution in [2.45, 2.75) is 34.6 Å². The van der Waals surface area contributed by atoms with Crippen molar-refractivity contribution in [1.82, 2.24) is 0 Å². The monoisotopic (exact) mass is 156 g/mol. The fourth-order valence-electron chi connectivity index (χ4n) is 0.407. The lowest BCUT2D eigenvalue weighted by Crippen LogP contribution is -1.80. The Bertz CT molecular complexity index is 158. The lowest BCUT2D eigenvalue weighted by atomic mass is 10.3. The van der Waals surface area contributed by atoms with Gasteiger partial charge in [-0.25, -0.2) is 0 Å². The Morgan fingerprint density at radius 1 is 0.909 bits per heavy atom. The molecule has 0 spiro atoms. The van der Waals surface area contributed by atoms with Crippen molar-refractivity contribution in [3.8, 4) is 0 Å². The number of carbonyl (C=O) groups is 2. The summed E-state index contributed by atoms with van der Waals surface area (Å²) in [6.07, 6.45) is 1.61. The van der Waals surface area contributed by atoms with Gasteiger partial charge in [-0.05, 0) is 40.7 Å². The van der Waals surface area contributed by atoms with Crippen LogP contribution in [-0.2, 0) is 9.59 Å². The van der Waals surface area contributed by atoms with E-state index in [1.807, 2.05) is 13.8 Å². The summed E-state index contributed by atoms with van der Waals surface area (Å²) in [4.78, 5) is 19.6. The molecule has 0 aliphatic heterocycles. The fourth-order valence-corrected chi connectivity index (χ4v) is 0.407. The largest absolute Gasteiger partial charge is 0.300 e. The van der Waals surface area contributed by atoms with Crippen LogP contribution in [0.2, 0.25) is 0 Å². The van der Waals surface area contributed by atoms with Gasteiger partial charge < -0.3 is 4.79 Å². The minimum Gasteiger partial charge on any atom is -0.300 e. The summed E-state index contributed by atoms with van der Waals surface area (Å²) >= 11 is 0. The maximum absolute atomic E-state index is 10.2. The van der Waals surface area contributed by atoms with Crippen LogP contribution in [0.15, 0.2) is 11.6 Å². The van der Waals surface area contributed by atoms with E-state index in [2.05, 4.69) is 0 Å². The van der Waals surface area contributed by atoms with Gasteiger partial charge in [0.15, 0.2) is 5.78 Å². The fraction of sp³-hybridized carbons (Fsp3) is 0.556. The Kier molecular flexibility index (Phi) is 8.32. The topological polar surface area (TPSA) is 34.1 Å². The van der Waals surface area contributed by atoms with Crippen molar-refractivity contribution >= 4 is 11.6 Å². The highest BCUT2D eigenvalue weighted by Gasteiger charge is 1.80. The van der Waals surface area contributed by atoms with Gasteiger partial charge >= 0.3 is 0 Å². The molecule has 0 saturated carbocycles.